The number of amidine groups is 1. The van der Waals surface area contributed by atoms with E-state index in [2.05, 4.69) is 10.2 Å². The predicted molar refractivity (Wildman–Crippen MR) is 51.9 cm³/mol. The summed E-state index contributed by atoms with van der Waals surface area (Å²) in [6.07, 6.45) is 0.614. The fourth-order valence-corrected chi connectivity index (χ4v) is 2.44. The highest BCUT2D eigenvalue weighted by Crippen LogP contribution is 2.21. The SMILES string of the molecule is Cc1nnc(SCCC(=N)N)s1. The van der Waals surface area contributed by atoms with Crippen molar-refractivity contribution in [1.82, 2.24) is 10.2 Å². The molecule has 1 aromatic heterocycles. The molecule has 0 fully saturated rings. The zero-order chi connectivity index (χ0) is 8.97. The highest BCUT2D eigenvalue weighted by molar-refractivity contribution is 8.01. The van der Waals surface area contributed by atoms with Crippen molar-refractivity contribution in [2.24, 2.45) is 5.73 Å². The first-order chi connectivity index (χ1) is 5.68. The van der Waals surface area contributed by atoms with Gasteiger partial charge in [-0.1, -0.05) is 23.1 Å². The van der Waals surface area contributed by atoms with Crippen LogP contribution in [0, 0.1) is 12.3 Å². The van der Waals surface area contributed by atoms with E-state index in [0.717, 1.165) is 15.1 Å². The van der Waals surface area contributed by atoms with E-state index >= 15 is 0 Å². The van der Waals surface area contributed by atoms with Gasteiger partial charge in [-0.15, -0.1) is 10.2 Å². The standard InChI is InChI=1S/C6H10N4S2/c1-4-9-10-6(12-4)11-3-2-5(7)8/h2-3H2,1H3,(H3,7,8). The van der Waals surface area contributed by atoms with E-state index in [0.29, 0.717) is 6.42 Å². The van der Waals surface area contributed by atoms with Crippen molar-refractivity contribution in [1.29, 1.82) is 5.41 Å². The largest absolute Gasteiger partial charge is 0.388 e. The number of aryl methyl sites for hydroxylation is 1. The van der Waals surface area contributed by atoms with Crippen LogP contribution >= 0.6 is 23.1 Å². The van der Waals surface area contributed by atoms with E-state index in [1.807, 2.05) is 6.92 Å². The second kappa shape index (κ2) is 4.42. The van der Waals surface area contributed by atoms with Crippen LogP contribution in [-0.2, 0) is 0 Å². The Morgan fingerprint density at radius 1 is 1.67 bits per heavy atom. The van der Waals surface area contributed by atoms with Crippen LogP contribution in [0.4, 0.5) is 0 Å². The number of nitrogens with zero attached hydrogens (tertiary/aromatic N) is 2. The van der Waals surface area contributed by atoms with Crippen molar-refractivity contribution in [3.05, 3.63) is 5.01 Å². The number of nitrogens with one attached hydrogen (secondary N) is 1. The monoisotopic (exact) mass is 202 g/mol. The van der Waals surface area contributed by atoms with Crippen molar-refractivity contribution in [2.75, 3.05) is 5.75 Å². The first-order valence-corrected chi connectivity index (χ1v) is 5.24. The summed E-state index contributed by atoms with van der Waals surface area (Å²) in [6.45, 7) is 1.92. The molecule has 1 heterocycles. The first kappa shape index (κ1) is 9.47. The summed E-state index contributed by atoms with van der Waals surface area (Å²) >= 11 is 3.16. The van der Waals surface area contributed by atoms with Crippen molar-refractivity contribution < 1.29 is 0 Å². The summed E-state index contributed by atoms with van der Waals surface area (Å²) in [5.41, 5.74) is 5.20. The maximum Gasteiger partial charge on any atom is 0.174 e. The average molecular weight is 202 g/mol. The summed E-state index contributed by atoms with van der Waals surface area (Å²) in [6, 6.07) is 0. The van der Waals surface area contributed by atoms with Crippen LogP contribution in [0.2, 0.25) is 0 Å². The lowest BCUT2D eigenvalue weighted by molar-refractivity contribution is 0.983. The molecule has 1 aromatic rings. The minimum atomic E-state index is 0.226. The van der Waals surface area contributed by atoms with Crippen LogP contribution in [0.5, 0.6) is 0 Å². The van der Waals surface area contributed by atoms with Gasteiger partial charge in [-0.05, 0) is 6.92 Å². The van der Waals surface area contributed by atoms with Gasteiger partial charge in [-0.3, -0.25) is 5.41 Å². The van der Waals surface area contributed by atoms with E-state index in [4.69, 9.17) is 11.1 Å². The molecule has 0 aromatic carbocycles. The lowest BCUT2D eigenvalue weighted by atomic mass is 10.5. The van der Waals surface area contributed by atoms with Gasteiger partial charge in [0.2, 0.25) is 0 Å². The predicted octanol–water partition coefficient (Wildman–Crippen LogP) is 1.26. The number of aromatic nitrogens is 2. The van der Waals surface area contributed by atoms with Gasteiger partial charge in [0, 0.05) is 12.2 Å². The second-order valence-corrected chi connectivity index (χ2v) is 4.73. The van der Waals surface area contributed by atoms with Gasteiger partial charge in [-0.2, -0.15) is 0 Å². The van der Waals surface area contributed by atoms with Gasteiger partial charge in [-0.25, -0.2) is 0 Å². The third kappa shape index (κ3) is 3.19. The highest BCUT2D eigenvalue weighted by Gasteiger charge is 2.00. The Bertz CT molecular complexity index is 270. The van der Waals surface area contributed by atoms with Gasteiger partial charge in [0.15, 0.2) is 4.34 Å². The molecule has 0 bridgehead atoms. The highest BCUT2D eigenvalue weighted by atomic mass is 32.2. The van der Waals surface area contributed by atoms with E-state index < -0.39 is 0 Å². The summed E-state index contributed by atoms with van der Waals surface area (Å²) < 4.78 is 0.953. The summed E-state index contributed by atoms with van der Waals surface area (Å²) in [5.74, 6) is 1.04. The Kier molecular flexibility index (Phi) is 3.48. The molecule has 0 radical (unpaired) electrons. The van der Waals surface area contributed by atoms with Crippen LogP contribution in [0.1, 0.15) is 11.4 Å². The van der Waals surface area contributed by atoms with Crippen LogP contribution in [-0.4, -0.2) is 21.8 Å². The molecule has 0 aliphatic heterocycles. The van der Waals surface area contributed by atoms with Crippen molar-refractivity contribution >= 4 is 28.9 Å². The number of hydrogen-bond donors (Lipinski definition) is 2. The molecule has 4 nitrogen and oxygen atoms in total. The molecule has 0 amide bonds. The topological polar surface area (TPSA) is 75.7 Å². The average Bonchev–Trinajstić information content (AvgIpc) is 2.35. The fraction of sp³-hybridized carbons (Fsp3) is 0.500. The molecular formula is C6H10N4S2. The van der Waals surface area contributed by atoms with E-state index in [1.54, 1.807) is 23.1 Å². The molecule has 66 valence electrons. The summed E-state index contributed by atoms with van der Waals surface area (Å²) in [5, 5.41) is 15.8. The molecule has 6 heteroatoms. The van der Waals surface area contributed by atoms with Crippen LogP contribution in [0.15, 0.2) is 4.34 Å². The molecule has 1 rings (SSSR count). The Balaban J connectivity index is 2.29. The molecule has 0 spiro atoms. The van der Waals surface area contributed by atoms with Crippen LogP contribution < -0.4 is 5.73 Å². The third-order valence-electron chi connectivity index (χ3n) is 1.10. The Hall–Kier alpha value is -0.620. The van der Waals surface area contributed by atoms with Crippen molar-refractivity contribution in [3.8, 4) is 0 Å². The number of nitrogens with two attached hydrogens (primary N) is 1. The normalized spacial score (nSPS) is 10.1. The van der Waals surface area contributed by atoms with Crippen molar-refractivity contribution in [2.45, 2.75) is 17.7 Å². The number of hydrogen-bond acceptors (Lipinski definition) is 5. The van der Waals surface area contributed by atoms with E-state index in [-0.39, 0.29) is 5.84 Å². The molecule has 0 saturated heterocycles. The number of rotatable bonds is 4. The Morgan fingerprint density at radius 2 is 2.42 bits per heavy atom. The number of thioether (sulfide) groups is 1. The lowest BCUT2D eigenvalue weighted by Gasteiger charge is -1.93. The Morgan fingerprint density at radius 3 is 2.92 bits per heavy atom. The first-order valence-electron chi connectivity index (χ1n) is 3.44. The third-order valence-corrected chi connectivity index (χ3v) is 3.08. The van der Waals surface area contributed by atoms with Gasteiger partial charge < -0.3 is 5.73 Å². The molecule has 0 aliphatic carbocycles. The zero-order valence-corrected chi connectivity index (χ0v) is 8.34. The summed E-state index contributed by atoms with van der Waals surface area (Å²) in [4.78, 5) is 0. The maximum absolute atomic E-state index is 7.00. The molecule has 0 unspecified atom stereocenters. The van der Waals surface area contributed by atoms with Gasteiger partial charge >= 0.3 is 0 Å². The zero-order valence-electron chi connectivity index (χ0n) is 6.70. The minimum Gasteiger partial charge on any atom is -0.388 e. The maximum atomic E-state index is 7.00. The van der Waals surface area contributed by atoms with Crippen LogP contribution in [0.25, 0.3) is 0 Å². The molecular weight excluding hydrogens is 192 g/mol. The van der Waals surface area contributed by atoms with Crippen LogP contribution in [0.3, 0.4) is 0 Å². The molecule has 0 saturated carbocycles. The molecule has 3 N–H and O–H groups in total. The van der Waals surface area contributed by atoms with E-state index in [9.17, 15) is 0 Å². The van der Waals surface area contributed by atoms with E-state index in [1.165, 1.54) is 0 Å². The summed E-state index contributed by atoms with van der Waals surface area (Å²) in [7, 11) is 0. The lowest BCUT2D eigenvalue weighted by Crippen LogP contribution is -2.09. The Labute approximate surface area is 79.1 Å². The second-order valence-electron chi connectivity index (χ2n) is 2.21. The van der Waals surface area contributed by atoms with Crippen molar-refractivity contribution in [3.63, 3.8) is 0 Å². The molecule has 0 aliphatic rings. The van der Waals surface area contributed by atoms with Gasteiger partial charge in [0.1, 0.15) is 5.01 Å². The van der Waals surface area contributed by atoms with Gasteiger partial charge in [0.25, 0.3) is 0 Å². The molecule has 0 atom stereocenters. The van der Waals surface area contributed by atoms with Gasteiger partial charge in [0.05, 0.1) is 5.84 Å². The fourth-order valence-electron chi connectivity index (χ4n) is 0.585. The minimum absolute atomic E-state index is 0.226. The quantitative estimate of drug-likeness (QED) is 0.438. The molecule has 12 heavy (non-hydrogen) atoms. The smallest absolute Gasteiger partial charge is 0.174 e.